The van der Waals surface area contributed by atoms with Gasteiger partial charge in [-0.1, -0.05) is 0 Å². The second-order valence-corrected chi connectivity index (χ2v) is 3.80. The van der Waals surface area contributed by atoms with Crippen molar-refractivity contribution in [3.05, 3.63) is 39.9 Å². The van der Waals surface area contributed by atoms with Crippen molar-refractivity contribution < 1.29 is 23.6 Å². The monoisotopic (exact) mass is 255 g/mol. The number of halogens is 1. The summed E-state index contributed by atoms with van der Waals surface area (Å²) in [5, 5.41) is 10.4. The highest BCUT2D eigenvalue weighted by Gasteiger charge is 2.31. The van der Waals surface area contributed by atoms with Crippen molar-refractivity contribution in [3.63, 3.8) is 0 Å². The average Bonchev–Trinajstić information content (AvgIpc) is 2.75. The molecule has 1 aliphatic heterocycles. The molecule has 2 rings (SSSR count). The molecule has 0 aromatic heterocycles. The topological polar surface area (TPSA) is 78.7 Å². The highest BCUT2D eigenvalue weighted by molar-refractivity contribution is 5.89. The molecule has 0 saturated carbocycles. The summed E-state index contributed by atoms with van der Waals surface area (Å²) in [6.07, 6.45) is -2.24. The molecule has 1 aromatic carbocycles. The zero-order valence-corrected chi connectivity index (χ0v) is 9.24. The van der Waals surface area contributed by atoms with Gasteiger partial charge in [-0.25, -0.2) is 9.18 Å². The quantitative estimate of drug-likeness (QED) is 0.464. The Bertz CT molecular complexity index is 461. The van der Waals surface area contributed by atoms with Crippen LogP contribution in [0.3, 0.4) is 0 Å². The summed E-state index contributed by atoms with van der Waals surface area (Å²) in [4.78, 5) is 21.5. The van der Waals surface area contributed by atoms with E-state index in [1.807, 2.05) is 0 Å². The first-order valence-corrected chi connectivity index (χ1v) is 5.25. The molecule has 7 heteroatoms. The molecule has 0 spiro atoms. The third-order valence-corrected chi connectivity index (χ3v) is 2.53. The van der Waals surface area contributed by atoms with E-state index < -0.39 is 23.2 Å². The van der Waals surface area contributed by atoms with Gasteiger partial charge >= 0.3 is 5.97 Å². The van der Waals surface area contributed by atoms with E-state index in [9.17, 15) is 19.3 Å². The number of rotatable bonds is 3. The molecule has 1 heterocycles. The average molecular weight is 255 g/mol. The van der Waals surface area contributed by atoms with Crippen LogP contribution in [0.15, 0.2) is 24.3 Å². The minimum absolute atomic E-state index is 0.0277. The number of carbonyl (C=O) groups excluding carboxylic acids is 1. The number of carbonyl (C=O) groups is 1. The van der Waals surface area contributed by atoms with Gasteiger partial charge < -0.3 is 9.47 Å². The molecule has 0 N–H and O–H groups in total. The lowest BCUT2D eigenvalue weighted by Crippen LogP contribution is -2.26. The van der Waals surface area contributed by atoms with Crippen LogP contribution < -0.4 is 0 Å². The fourth-order valence-electron chi connectivity index (χ4n) is 1.54. The van der Waals surface area contributed by atoms with Crippen LogP contribution in [0.4, 0.5) is 10.1 Å². The van der Waals surface area contributed by atoms with Crippen LogP contribution in [0.2, 0.25) is 0 Å². The molecule has 1 saturated heterocycles. The molecule has 18 heavy (non-hydrogen) atoms. The van der Waals surface area contributed by atoms with E-state index in [2.05, 4.69) is 0 Å². The number of hydrogen-bond donors (Lipinski definition) is 0. The fraction of sp³-hybridized carbons (Fsp3) is 0.364. The first kappa shape index (κ1) is 12.4. The zero-order valence-electron chi connectivity index (χ0n) is 9.24. The third-order valence-electron chi connectivity index (χ3n) is 2.53. The molecule has 6 nitrogen and oxygen atoms in total. The highest BCUT2D eigenvalue weighted by Crippen LogP contribution is 2.17. The molecule has 0 radical (unpaired) electrons. The van der Waals surface area contributed by atoms with Gasteiger partial charge in [-0.15, -0.1) is 0 Å². The summed E-state index contributed by atoms with van der Waals surface area (Å²) in [6.45, 7) is -0.0574. The molecule has 1 aliphatic rings. The largest absolute Gasteiger partial charge is 0.453 e. The van der Waals surface area contributed by atoms with Crippen LogP contribution in [0.25, 0.3) is 0 Å². The van der Waals surface area contributed by atoms with E-state index in [1.54, 1.807) is 0 Å². The van der Waals surface area contributed by atoms with Gasteiger partial charge in [0.25, 0.3) is 5.69 Å². The van der Waals surface area contributed by atoms with Crippen LogP contribution in [-0.2, 0) is 9.47 Å². The predicted molar refractivity (Wildman–Crippen MR) is 58.0 cm³/mol. The molecule has 96 valence electrons. The molecular formula is C11H10FNO5. The molecule has 1 aromatic rings. The van der Waals surface area contributed by atoms with E-state index >= 15 is 0 Å². The molecule has 0 bridgehead atoms. The van der Waals surface area contributed by atoms with Gasteiger partial charge in [-0.3, -0.25) is 10.1 Å². The third kappa shape index (κ3) is 2.62. The smallest absolute Gasteiger partial charge is 0.338 e. The Morgan fingerprint density at radius 1 is 1.39 bits per heavy atom. The van der Waals surface area contributed by atoms with E-state index in [1.165, 1.54) is 24.3 Å². The zero-order chi connectivity index (χ0) is 13.1. The Morgan fingerprint density at radius 2 is 2.06 bits per heavy atom. The normalized spacial score (nSPS) is 22.7. The predicted octanol–water partition coefficient (Wildman–Crippen LogP) is 1.49. The number of alkyl halides is 1. The number of ether oxygens (including phenoxy) is 2. The summed E-state index contributed by atoms with van der Waals surface area (Å²) >= 11 is 0. The first-order chi connectivity index (χ1) is 8.58. The maximum absolute atomic E-state index is 13.1. The second-order valence-electron chi connectivity index (χ2n) is 3.80. The van der Waals surface area contributed by atoms with E-state index in [-0.39, 0.29) is 24.5 Å². The Balaban J connectivity index is 2.02. The Hall–Kier alpha value is -2.02. The summed E-state index contributed by atoms with van der Waals surface area (Å²) in [5.41, 5.74) is 0.0128. The van der Waals surface area contributed by atoms with Crippen molar-refractivity contribution in [3.8, 4) is 0 Å². The summed E-state index contributed by atoms with van der Waals surface area (Å²) < 4.78 is 22.9. The van der Waals surface area contributed by atoms with Gasteiger partial charge in [0.15, 0.2) is 12.3 Å². The summed E-state index contributed by atoms with van der Waals surface area (Å²) in [5.74, 6) is -0.719. The van der Waals surface area contributed by atoms with Gasteiger partial charge in [0.1, 0.15) is 0 Å². The Morgan fingerprint density at radius 3 is 2.56 bits per heavy atom. The van der Waals surface area contributed by atoms with Crippen LogP contribution in [0, 0.1) is 10.1 Å². The molecule has 0 amide bonds. The molecule has 2 atom stereocenters. The van der Waals surface area contributed by atoms with Crippen molar-refractivity contribution in [2.45, 2.75) is 12.3 Å². The lowest BCUT2D eigenvalue weighted by molar-refractivity contribution is -0.384. The van der Waals surface area contributed by atoms with Gasteiger partial charge in [0.2, 0.25) is 0 Å². The lowest BCUT2D eigenvalue weighted by Gasteiger charge is -2.12. The second kappa shape index (κ2) is 5.09. The lowest BCUT2D eigenvalue weighted by atomic mass is 10.2. The van der Waals surface area contributed by atoms with Crippen molar-refractivity contribution in [2.24, 2.45) is 0 Å². The molecular weight excluding hydrogens is 245 g/mol. The Labute approximate surface area is 101 Å². The van der Waals surface area contributed by atoms with E-state index in [0.29, 0.717) is 0 Å². The van der Waals surface area contributed by atoms with Gasteiger partial charge in [-0.05, 0) is 12.1 Å². The summed E-state index contributed by atoms with van der Waals surface area (Å²) in [6, 6.07) is 4.91. The number of nitro benzene ring substituents is 1. The van der Waals surface area contributed by atoms with Crippen molar-refractivity contribution in [2.75, 3.05) is 13.2 Å². The molecule has 0 aliphatic carbocycles. The van der Waals surface area contributed by atoms with Crippen LogP contribution >= 0.6 is 0 Å². The first-order valence-electron chi connectivity index (χ1n) is 5.25. The van der Waals surface area contributed by atoms with Gasteiger partial charge in [0.05, 0.1) is 23.7 Å². The number of esters is 1. The number of nitrogens with zero attached hydrogens (tertiary/aromatic N) is 1. The van der Waals surface area contributed by atoms with Crippen molar-refractivity contribution >= 4 is 11.7 Å². The minimum atomic E-state index is -1.33. The number of hydrogen-bond acceptors (Lipinski definition) is 5. The number of nitro groups is 1. The Kier molecular flexibility index (Phi) is 3.52. The summed E-state index contributed by atoms with van der Waals surface area (Å²) in [7, 11) is 0. The van der Waals surface area contributed by atoms with E-state index in [4.69, 9.17) is 9.47 Å². The van der Waals surface area contributed by atoms with Gasteiger partial charge in [-0.2, -0.15) is 0 Å². The van der Waals surface area contributed by atoms with Gasteiger partial charge in [0, 0.05) is 12.1 Å². The SMILES string of the molecule is O=C(O[C@@H]1COC[C@@H]1F)c1ccc([N+](=O)[O-])cc1. The van der Waals surface area contributed by atoms with E-state index in [0.717, 1.165) is 0 Å². The molecule has 0 unspecified atom stereocenters. The maximum atomic E-state index is 13.1. The number of non-ortho nitro benzene ring substituents is 1. The van der Waals surface area contributed by atoms with Crippen LogP contribution in [0.1, 0.15) is 10.4 Å². The highest BCUT2D eigenvalue weighted by atomic mass is 19.1. The maximum Gasteiger partial charge on any atom is 0.338 e. The fourth-order valence-corrected chi connectivity index (χ4v) is 1.54. The molecule has 1 fully saturated rings. The minimum Gasteiger partial charge on any atom is -0.453 e. The standard InChI is InChI=1S/C11H10FNO5/c12-9-5-17-6-10(9)18-11(14)7-1-3-8(4-2-7)13(15)16/h1-4,9-10H,5-6H2/t9-,10+/m0/s1. The number of benzene rings is 1. The van der Waals surface area contributed by atoms with Crippen molar-refractivity contribution in [1.29, 1.82) is 0 Å². The van der Waals surface area contributed by atoms with Crippen molar-refractivity contribution in [1.82, 2.24) is 0 Å². The van der Waals surface area contributed by atoms with Crippen LogP contribution in [-0.4, -0.2) is 36.4 Å². The van der Waals surface area contributed by atoms with Crippen LogP contribution in [0.5, 0.6) is 0 Å².